The predicted octanol–water partition coefficient (Wildman–Crippen LogP) is 18.0. The molecular weight excluding hydrogens is 823 g/mol. The minimum atomic E-state index is -0.171. The normalized spacial score (nSPS) is 12.7. The summed E-state index contributed by atoms with van der Waals surface area (Å²) in [6.07, 6.45) is 2.43. The maximum atomic E-state index is 2.41. The van der Waals surface area contributed by atoms with E-state index in [0.29, 0.717) is 0 Å². The largest absolute Gasteiger partial charge is 0.310 e. The average molecular weight is 884 g/mol. The van der Waals surface area contributed by atoms with E-state index in [0.717, 1.165) is 22.7 Å². The van der Waals surface area contributed by atoms with Crippen LogP contribution < -0.4 is 14.7 Å². The Morgan fingerprint density at radius 1 is 0.265 bits per heavy atom. The van der Waals surface area contributed by atoms with Crippen molar-refractivity contribution in [1.82, 2.24) is 0 Å². The second-order valence-corrected chi connectivity index (χ2v) is 19.6. The lowest BCUT2D eigenvalue weighted by Crippen LogP contribution is -2.17. The summed E-state index contributed by atoms with van der Waals surface area (Å²) in [5, 5.41) is 0. The number of fused-ring (bicyclic) bond motifs is 4. The molecule has 3 nitrogen and oxygen atoms in total. The quantitative estimate of drug-likeness (QED) is 0.143. The summed E-state index contributed by atoms with van der Waals surface area (Å²) in [5.74, 6) is 0. The van der Waals surface area contributed by atoms with Gasteiger partial charge in [0.05, 0.1) is 0 Å². The second-order valence-electron chi connectivity index (χ2n) is 19.6. The van der Waals surface area contributed by atoms with Crippen LogP contribution in [0.3, 0.4) is 0 Å². The molecule has 0 fully saturated rings. The molecule has 11 rings (SSSR count). The van der Waals surface area contributed by atoms with E-state index in [1.54, 1.807) is 0 Å². The maximum Gasteiger partial charge on any atom is 0.0465 e. The van der Waals surface area contributed by atoms with Crippen molar-refractivity contribution < 1.29 is 0 Å². The van der Waals surface area contributed by atoms with Crippen molar-refractivity contribution in [3.05, 3.63) is 256 Å². The maximum absolute atomic E-state index is 2.41. The highest BCUT2D eigenvalue weighted by atomic mass is 15.2. The summed E-state index contributed by atoms with van der Waals surface area (Å²) in [5.41, 5.74) is 26.4. The van der Waals surface area contributed by atoms with Gasteiger partial charge < -0.3 is 14.7 Å². The van der Waals surface area contributed by atoms with Gasteiger partial charge in [0.25, 0.3) is 0 Å². The van der Waals surface area contributed by atoms with Gasteiger partial charge in [0.2, 0.25) is 0 Å². The minimum Gasteiger partial charge on any atom is -0.310 e. The van der Waals surface area contributed by atoms with Gasteiger partial charge in [-0.25, -0.2) is 0 Å². The number of benzene rings is 9. The van der Waals surface area contributed by atoms with Crippen LogP contribution in [0, 0.1) is 41.5 Å². The molecular formula is C65H61N3. The molecule has 0 N–H and O–H groups in total. The SMILES string of the molecule is Cc1ccc(N(c2ccc(C)cc2)c2ccc3c(c2)C(C)(C)c2cc(N(c4ccc(C)cc4)c4ccc(C)cc4)ccc2-3)cc1.Cc1ccc(N(c2ccc(C)cc2)c2ccc3c(c2)CC3)cc1. The van der Waals surface area contributed by atoms with E-state index in [4.69, 9.17) is 0 Å². The summed E-state index contributed by atoms with van der Waals surface area (Å²) < 4.78 is 0. The van der Waals surface area contributed by atoms with Crippen molar-refractivity contribution in [2.45, 2.75) is 73.6 Å². The Labute approximate surface area is 404 Å². The second kappa shape index (κ2) is 18.2. The first-order valence-electron chi connectivity index (χ1n) is 24.1. The van der Waals surface area contributed by atoms with E-state index in [2.05, 4.69) is 270 Å². The van der Waals surface area contributed by atoms with Crippen molar-refractivity contribution in [3.8, 4) is 11.1 Å². The topological polar surface area (TPSA) is 9.72 Å². The molecule has 0 aromatic heterocycles. The van der Waals surface area contributed by atoms with E-state index in [-0.39, 0.29) is 5.41 Å². The fourth-order valence-electron chi connectivity index (χ4n) is 9.82. The molecule has 336 valence electrons. The van der Waals surface area contributed by atoms with E-state index < -0.39 is 0 Å². The zero-order chi connectivity index (χ0) is 47.1. The zero-order valence-electron chi connectivity index (χ0n) is 40.8. The molecule has 2 aliphatic carbocycles. The van der Waals surface area contributed by atoms with E-state index in [9.17, 15) is 0 Å². The standard InChI is InChI=1S/C43H40N2.C22H21N/c1-29-7-15-33(16-8-29)44(34-17-9-30(2)10-18-34)37-23-25-39-40-26-24-38(28-42(40)43(5,6)41(39)27-37)45(35-19-11-31(3)12-20-35)36-21-13-32(4)14-22-36;1-16-3-10-20(11-4-16)23(21-12-5-17(2)6-13-21)22-14-9-18-7-8-19(18)15-22/h7-28H,1-6H3;3-6,9-15H,7-8H2,1-2H3. The van der Waals surface area contributed by atoms with Gasteiger partial charge in [0, 0.05) is 56.6 Å². The molecule has 0 bridgehead atoms. The molecule has 9 aromatic rings. The molecule has 2 aliphatic rings. The van der Waals surface area contributed by atoms with Gasteiger partial charge in [-0.05, 0) is 197 Å². The van der Waals surface area contributed by atoms with E-state index >= 15 is 0 Å². The van der Waals surface area contributed by atoms with Crippen LogP contribution >= 0.6 is 0 Å². The molecule has 0 heterocycles. The van der Waals surface area contributed by atoms with E-state index in [1.807, 2.05) is 0 Å². The smallest absolute Gasteiger partial charge is 0.0465 e. The first-order valence-corrected chi connectivity index (χ1v) is 24.1. The monoisotopic (exact) mass is 883 g/mol. The summed E-state index contributed by atoms with van der Waals surface area (Å²) in [6.45, 7) is 17.6. The summed E-state index contributed by atoms with van der Waals surface area (Å²) in [6, 6.07) is 73.7. The summed E-state index contributed by atoms with van der Waals surface area (Å²) >= 11 is 0. The molecule has 0 saturated heterocycles. The van der Waals surface area contributed by atoms with Crippen LogP contribution in [0.2, 0.25) is 0 Å². The van der Waals surface area contributed by atoms with Gasteiger partial charge in [-0.3, -0.25) is 0 Å². The third-order valence-corrected chi connectivity index (χ3v) is 14.0. The van der Waals surface area contributed by atoms with Crippen molar-refractivity contribution in [1.29, 1.82) is 0 Å². The molecule has 3 heteroatoms. The van der Waals surface area contributed by atoms with Crippen LogP contribution in [-0.2, 0) is 18.3 Å². The Hall–Kier alpha value is -7.62. The molecule has 0 radical (unpaired) electrons. The third kappa shape index (κ3) is 8.73. The van der Waals surface area contributed by atoms with Gasteiger partial charge in [0.1, 0.15) is 0 Å². The van der Waals surface area contributed by atoms with Crippen LogP contribution in [0.1, 0.15) is 69.5 Å². The third-order valence-electron chi connectivity index (χ3n) is 14.0. The highest BCUT2D eigenvalue weighted by molar-refractivity contribution is 5.88. The zero-order valence-corrected chi connectivity index (χ0v) is 40.8. The van der Waals surface area contributed by atoms with Gasteiger partial charge in [-0.1, -0.05) is 138 Å². The highest BCUT2D eigenvalue weighted by Crippen LogP contribution is 2.52. The fourth-order valence-corrected chi connectivity index (χ4v) is 9.82. The van der Waals surface area contributed by atoms with Crippen molar-refractivity contribution in [3.63, 3.8) is 0 Å². The highest BCUT2D eigenvalue weighted by Gasteiger charge is 2.37. The van der Waals surface area contributed by atoms with Crippen LogP contribution in [0.25, 0.3) is 11.1 Å². The fraction of sp³-hybridized carbons (Fsp3) is 0.169. The Bertz CT molecular complexity index is 2930. The lowest BCUT2D eigenvalue weighted by Gasteiger charge is -2.29. The summed E-state index contributed by atoms with van der Waals surface area (Å²) in [7, 11) is 0. The number of hydrogen-bond donors (Lipinski definition) is 0. The minimum absolute atomic E-state index is 0.171. The predicted molar refractivity (Wildman–Crippen MR) is 290 cm³/mol. The molecule has 0 unspecified atom stereocenters. The number of hydrogen-bond acceptors (Lipinski definition) is 3. The van der Waals surface area contributed by atoms with Gasteiger partial charge in [-0.2, -0.15) is 0 Å². The van der Waals surface area contributed by atoms with Crippen LogP contribution in [-0.4, -0.2) is 0 Å². The number of nitrogens with zero attached hydrogens (tertiary/aromatic N) is 3. The van der Waals surface area contributed by atoms with Gasteiger partial charge in [0.15, 0.2) is 0 Å². The van der Waals surface area contributed by atoms with Crippen molar-refractivity contribution in [2.24, 2.45) is 0 Å². The van der Waals surface area contributed by atoms with Gasteiger partial charge >= 0.3 is 0 Å². The molecule has 0 atom stereocenters. The van der Waals surface area contributed by atoms with Crippen molar-refractivity contribution in [2.75, 3.05) is 14.7 Å². The van der Waals surface area contributed by atoms with E-state index in [1.165, 1.54) is 108 Å². The van der Waals surface area contributed by atoms with Crippen LogP contribution in [0.5, 0.6) is 0 Å². The molecule has 0 aliphatic heterocycles. The van der Waals surface area contributed by atoms with Crippen molar-refractivity contribution >= 4 is 51.2 Å². The number of anilines is 9. The first kappa shape index (κ1) is 44.2. The Kier molecular flexibility index (Phi) is 11.9. The molecule has 9 aromatic carbocycles. The molecule has 0 spiro atoms. The molecule has 68 heavy (non-hydrogen) atoms. The number of rotatable bonds is 9. The first-order chi connectivity index (χ1) is 32.9. The number of aryl methyl sites for hydroxylation is 8. The molecule has 0 saturated carbocycles. The lowest BCUT2D eigenvalue weighted by molar-refractivity contribution is 0.660. The van der Waals surface area contributed by atoms with Gasteiger partial charge in [-0.15, -0.1) is 0 Å². The Morgan fingerprint density at radius 2 is 0.500 bits per heavy atom. The lowest BCUT2D eigenvalue weighted by atomic mass is 9.82. The Balaban J connectivity index is 0.000000196. The molecule has 0 amide bonds. The average Bonchev–Trinajstić information content (AvgIpc) is 3.56. The van der Waals surface area contributed by atoms with Crippen LogP contribution in [0.4, 0.5) is 51.2 Å². The summed E-state index contributed by atoms with van der Waals surface area (Å²) in [4.78, 5) is 7.10. The Morgan fingerprint density at radius 3 is 0.750 bits per heavy atom. The van der Waals surface area contributed by atoms with Crippen LogP contribution in [0.15, 0.2) is 200 Å².